The van der Waals surface area contributed by atoms with Gasteiger partial charge in [-0.25, -0.2) is 0 Å². The number of anilines is 1. The summed E-state index contributed by atoms with van der Waals surface area (Å²) in [5.74, 6) is -0.218. The zero-order chi connectivity index (χ0) is 19.3. The number of rotatable bonds is 3. The summed E-state index contributed by atoms with van der Waals surface area (Å²) in [7, 11) is 0. The molecule has 5 rings (SSSR count). The molecule has 0 fully saturated rings. The van der Waals surface area contributed by atoms with Crippen LogP contribution in [0.4, 0.5) is 5.69 Å². The molecule has 0 aliphatic heterocycles. The van der Waals surface area contributed by atoms with E-state index in [2.05, 4.69) is 20.6 Å². The van der Waals surface area contributed by atoms with E-state index in [4.69, 9.17) is 11.6 Å². The minimum absolute atomic E-state index is 0.218. The molecule has 0 spiro atoms. The number of aromatic nitrogens is 4. The summed E-state index contributed by atoms with van der Waals surface area (Å²) in [5.41, 5.74) is 2.58. The van der Waals surface area contributed by atoms with Crippen LogP contribution in [0, 0.1) is 6.92 Å². The van der Waals surface area contributed by atoms with Crippen LogP contribution in [0.25, 0.3) is 25.6 Å². The van der Waals surface area contributed by atoms with Crippen molar-refractivity contribution < 1.29 is 4.79 Å². The van der Waals surface area contributed by atoms with E-state index in [9.17, 15) is 4.79 Å². The number of nitrogens with zero attached hydrogens (tertiary/aromatic N) is 4. The molecular formula is C19H12ClN5OS2. The van der Waals surface area contributed by atoms with Crippen molar-refractivity contribution in [2.45, 2.75) is 6.92 Å². The molecule has 5 aromatic rings. The molecule has 28 heavy (non-hydrogen) atoms. The molecule has 1 amide bonds. The lowest BCUT2D eigenvalue weighted by atomic mass is 10.1. The highest BCUT2D eigenvalue weighted by Crippen LogP contribution is 2.36. The number of halogens is 1. The Balaban J connectivity index is 1.49. The van der Waals surface area contributed by atoms with Crippen molar-refractivity contribution in [2.75, 3.05) is 5.32 Å². The van der Waals surface area contributed by atoms with E-state index in [0.717, 1.165) is 36.9 Å². The second-order valence-corrected chi connectivity index (χ2v) is 8.58. The van der Waals surface area contributed by atoms with Crippen molar-refractivity contribution in [3.8, 4) is 10.6 Å². The maximum absolute atomic E-state index is 12.9. The number of aryl methyl sites for hydroxylation is 1. The molecule has 1 N–H and O–H groups in total. The first-order valence-corrected chi connectivity index (χ1v) is 10.4. The van der Waals surface area contributed by atoms with E-state index in [1.165, 1.54) is 22.7 Å². The van der Waals surface area contributed by atoms with Gasteiger partial charge in [-0.05, 0) is 24.6 Å². The topological polar surface area (TPSA) is 72.2 Å². The number of hydrogen-bond donors (Lipinski definition) is 1. The van der Waals surface area contributed by atoms with Gasteiger partial charge in [0.25, 0.3) is 5.91 Å². The molecular weight excluding hydrogens is 414 g/mol. The van der Waals surface area contributed by atoms with Crippen LogP contribution >= 0.6 is 34.3 Å². The number of carbonyl (C=O) groups is 1. The molecule has 138 valence electrons. The number of thiophene rings is 1. The number of carbonyl (C=O) groups excluding carboxylic acids is 1. The molecule has 0 atom stereocenters. The van der Waals surface area contributed by atoms with Crippen molar-refractivity contribution in [3.63, 3.8) is 0 Å². The molecule has 6 nitrogen and oxygen atoms in total. The predicted octanol–water partition coefficient (Wildman–Crippen LogP) is 5.28. The summed E-state index contributed by atoms with van der Waals surface area (Å²) >= 11 is 9.27. The summed E-state index contributed by atoms with van der Waals surface area (Å²) in [6.45, 7) is 1.95. The summed E-state index contributed by atoms with van der Waals surface area (Å²) < 4.78 is 2.62. The Morgan fingerprint density at radius 2 is 2.04 bits per heavy atom. The molecule has 0 aliphatic carbocycles. The normalized spacial score (nSPS) is 11.4. The summed E-state index contributed by atoms with van der Waals surface area (Å²) in [6.07, 6.45) is 1.57. The van der Waals surface area contributed by atoms with Crippen molar-refractivity contribution in [1.29, 1.82) is 0 Å². The number of fused-ring (bicyclic) bond motifs is 2. The Morgan fingerprint density at radius 1 is 1.18 bits per heavy atom. The molecule has 0 radical (unpaired) electrons. The predicted molar refractivity (Wildman–Crippen MR) is 114 cm³/mol. The van der Waals surface area contributed by atoms with Gasteiger partial charge in [-0.3, -0.25) is 4.79 Å². The van der Waals surface area contributed by atoms with Crippen molar-refractivity contribution in [3.05, 3.63) is 64.3 Å². The number of benzene rings is 2. The third-order valence-electron chi connectivity index (χ3n) is 4.36. The molecule has 3 heterocycles. The molecule has 9 heteroatoms. The van der Waals surface area contributed by atoms with Gasteiger partial charge in [0, 0.05) is 21.3 Å². The standard InChI is InChI=1S/C19H12ClN5OS2/c1-10-6-7-11(18-24-25-9-21-23-19(25)28-18)8-13(10)22-17(26)16-15(20)12-4-2-3-5-14(12)27-16/h2-9H,1H3,(H,22,26). The van der Waals surface area contributed by atoms with Crippen molar-refractivity contribution in [1.82, 2.24) is 19.8 Å². The summed E-state index contributed by atoms with van der Waals surface area (Å²) in [5, 5.41) is 17.5. The van der Waals surface area contributed by atoms with E-state index in [1.807, 2.05) is 49.4 Å². The Hall–Kier alpha value is -2.81. The van der Waals surface area contributed by atoms with Crippen LogP contribution in [0.2, 0.25) is 5.02 Å². The number of nitrogens with one attached hydrogen (secondary N) is 1. The van der Waals surface area contributed by atoms with Crippen LogP contribution in [0.15, 0.2) is 48.8 Å². The van der Waals surface area contributed by atoms with Gasteiger partial charge >= 0.3 is 0 Å². The van der Waals surface area contributed by atoms with Gasteiger partial charge in [0.05, 0.1) is 5.02 Å². The molecule has 0 aliphatic rings. The van der Waals surface area contributed by atoms with Crippen molar-refractivity contribution in [2.24, 2.45) is 0 Å². The third-order valence-corrected chi connectivity index (χ3v) is 7.00. The molecule has 0 saturated carbocycles. The lowest BCUT2D eigenvalue weighted by Gasteiger charge is -2.09. The second kappa shape index (κ2) is 6.66. The Morgan fingerprint density at radius 3 is 2.86 bits per heavy atom. The van der Waals surface area contributed by atoms with Gasteiger partial charge in [-0.1, -0.05) is 53.3 Å². The fourth-order valence-corrected chi connectivity index (χ4v) is 5.13. The van der Waals surface area contributed by atoms with E-state index in [1.54, 1.807) is 10.8 Å². The lowest BCUT2D eigenvalue weighted by Crippen LogP contribution is -2.11. The van der Waals surface area contributed by atoms with Gasteiger partial charge < -0.3 is 5.32 Å². The van der Waals surface area contributed by atoms with E-state index in [0.29, 0.717) is 9.90 Å². The van der Waals surface area contributed by atoms with Crippen LogP contribution in [-0.2, 0) is 0 Å². The minimum atomic E-state index is -0.218. The van der Waals surface area contributed by atoms with Gasteiger partial charge in [-0.15, -0.1) is 21.5 Å². The zero-order valence-corrected chi connectivity index (χ0v) is 16.9. The molecule has 0 saturated heterocycles. The quantitative estimate of drug-likeness (QED) is 0.426. The van der Waals surface area contributed by atoms with Crippen molar-refractivity contribution >= 4 is 60.9 Å². The van der Waals surface area contributed by atoms with Crippen LogP contribution in [0.1, 0.15) is 15.2 Å². The van der Waals surface area contributed by atoms with Gasteiger partial charge in [-0.2, -0.15) is 9.61 Å². The first kappa shape index (κ1) is 17.3. The highest BCUT2D eigenvalue weighted by Gasteiger charge is 2.18. The van der Waals surface area contributed by atoms with Crippen LogP contribution < -0.4 is 5.32 Å². The smallest absolute Gasteiger partial charge is 0.267 e. The largest absolute Gasteiger partial charge is 0.321 e. The molecule has 2 aromatic carbocycles. The molecule has 0 bridgehead atoms. The van der Waals surface area contributed by atoms with Crippen LogP contribution in [0.3, 0.4) is 0 Å². The fraction of sp³-hybridized carbons (Fsp3) is 0.0526. The fourth-order valence-electron chi connectivity index (χ4n) is 2.91. The SMILES string of the molecule is Cc1ccc(-c2nn3cnnc3s2)cc1NC(=O)c1sc2ccccc2c1Cl. The average molecular weight is 426 g/mol. The third kappa shape index (κ3) is 2.86. The number of amides is 1. The first-order chi connectivity index (χ1) is 13.6. The number of hydrogen-bond acceptors (Lipinski definition) is 6. The van der Waals surface area contributed by atoms with Gasteiger partial charge in [0.1, 0.15) is 16.2 Å². The highest BCUT2D eigenvalue weighted by molar-refractivity contribution is 7.21. The Kier molecular flexibility index (Phi) is 4.12. The Labute approximate surface area is 172 Å². The maximum Gasteiger partial charge on any atom is 0.267 e. The van der Waals surface area contributed by atoms with Gasteiger partial charge in [0.15, 0.2) is 0 Å². The summed E-state index contributed by atoms with van der Waals surface area (Å²) in [6, 6.07) is 13.6. The zero-order valence-electron chi connectivity index (χ0n) is 14.5. The van der Waals surface area contributed by atoms with E-state index in [-0.39, 0.29) is 5.91 Å². The summed E-state index contributed by atoms with van der Waals surface area (Å²) in [4.78, 5) is 14.1. The molecule has 0 unspecified atom stereocenters. The minimum Gasteiger partial charge on any atom is -0.321 e. The first-order valence-electron chi connectivity index (χ1n) is 8.36. The molecule has 3 aromatic heterocycles. The van der Waals surface area contributed by atoms with Gasteiger partial charge in [0.2, 0.25) is 4.96 Å². The maximum atomic E-state index is 12.9. The van der Waals surface area contributed by atoms with Crippen LogP contribution in [-0.4, -0.2) is 25.7 Å². The second-order valence-electron chi connectivity index (χ2n) is 6.19. The van der Waals surface area contributed by atoms with Crippen LogP contribution in [0.5, 0.6) is 0 Å². The average Bonchev–Trinajstić information content (AvgIpc) is 3.37. The lowest BCUT2D eigenvalue weighted by molar-refractivity contribution is 0.103. The monoisotopic (exact) mass is 425 g/mol. The highest BCUT2D eigenvalue weighted by atomic mass is 35.5. The van der Waals surface area contributed by atoms with E-state index >= 15 is 0 Å². The Bertz CT molecular complexity index is 1320. The van der Waals surface area contributed by atoms with E-state index < -0.39 is 0 Å².